The number of nitrogens with one attached hydrogen (secondary N) is 1. The molecule has 1 N–H and O–H groups in total. The molecule has 0 bridgehead atoms. The number of rotatable bonds is 6. The molecule has 0 radical (unpaired) electrons. The summed E-state index contributed by atoms with van der Waals surface area (Å²) in [7, 11) is 0. The van der Waals surface area contributed by atoms with Crippen LogP contribution in [0.25, 0.3) is 0 Å². The molecule has 2 aliphatic carbocycles. The molecule has 178 valence electrons. The van der Waals surface area contributed by atoms with E-state index >= 15 is 0 Å². The molecule has 0 saturated heterocycles. The third kappa shape index (κ3) is 3.63. The van der Waals surface area contributed by atoms with Gasteiger partial charge in [-0.2, -0.15) is 0 Å². The molecule has 8 nitrogen and oxygen atoms in total. The van der Waals surface area contributed by atoms with Crippen molar-refractivity contribution in [1.29, 1.82) is 0 Å². The minimum Gasteiger partial charge on any atom is -0.349 e. The number of fused-ring (bicyclic) bond motifs is 2. The number of hydrogen-bond acceptors (Lipinski definition) is 5. The normalized spacial score (nSPS) is 25.4. The van der Waals surface area contributed by atoms with Crippen molar-refractivity contribution in [1.82, 2.24) is 20.3 Å². The molecule has 2 aromatic carbocycles. The Hall–Kier alpha value is -3.52. The maximum absolute atomic E-state index is 12.7. The van der Waals surface area contributed by atoms with Crippen LogP contribution in [0.5, 0.6) is 0 Å². The maximum atomic E-state index is 12.7. The summed E-state index contributed by atoms with van der Waals surface area (Å²) >= 11 is 5.93. The highest BCUT2D eigenvalue weighted by Crippen LogP contribution is 2.62. The first kappa shape index (κ1) is 22.0. The lowest BCUT2D eigenvalue weighted by molar-refractivity contribution is 0.0914. The molecule has 2 heterocycles. The Kier molecular flexibility index (Phi) is 5.21. The van der Waals surface area contributed by atoms with Gasteiger partial charge in [-0.05, 0) is 73.4 Å². The molecule has 3 aromatic rings. The molecule has 5 atom stereocenters. The van der Waals surface area contributed by atoms with Crippen LogP contribution in [-0.4, -0.2) is 38.8 Å². The largest absolute Gasteiger partial charge is 0.349 e. The Morgan fingerprint density at radius 3 is 2.29 bits per heavy atom. The Bertz CT molecular complexity index is 1290. The van der Waals surface area contributed by atoms with Crippen molar-refractivity contribution in [2.75, 3.05) is 4.90 Å². The van der Waals surface area contributed by atoms with Crippen molar-refractivity contribution >= 4 is 35.1 Å². The summed E-state index contributed by atoms with van der Waals surface area (Å²) in [6, 6.07) is 14.0. The average Bonchev–Trinajstić information content (AvgIpc) is 3.22. The number of carbonyl (C=O) groups excluding carboxylic acids is 3. The number of amides is 3. The van der Waals surface area contributed by atoms with E-state index in [0.717, 1.165) is 24.2 Å². The van der Waals surface area contributed by atoms with E-state index in [1.807, 2.05) is 0 Å². The van der Waals surface area contributed by atoms with E-state index in [2.05, 4.69) is 22.6 Å². The lowest BCUT2D eigenvalue weighted by Crippen LogP contribution is -2.37. The SMILES string of the molecule is CCC(NC(=O)c1ccc(Cl)cc1)[C@H]1[C@@H]2C[C@@H](n3cc(N4C(=O)c5ccccc5C4=O)nn3)C[C@@H]21. The van der Waals surface area contributed by atoms with Gasteiger partial charge in [0.15, 0.2) is 5.82 Å². The number of benzene rings is 2. The second-order valence-electron chi connectivity index (χ2n) is 9.57. The fraction of sp³-hybridized carbons (Fsp3) is 0.346. The number of anilines is 1. The molecule has 1 aliphatic heterocycles. The van der Waals surface area contributed by atoms with E-state index in [1.54, 1.807) is 59.4 Å². The Balaban J connectivity index is 1.10. The quantitative estimate of drug-likeness (QED) is 0.525. The topological polar surface area (TPSA) is 97.2 Å². The lowest BCUT2D eigenvalue weighted by Gasteiger charge is -2.21. The molecule has 3 amide bonds. The zero-order chi connectivity index (χ0) is 24.3. The van der Waals surface area contributed by atoms with Crippen LogP contribution >= 0.6 is 11.6 Å². The Morgan fingerprint density at radius 1 is 1.06 bits per heavy atom. The number of imide groups is 1. The molecule has 2 saturated carbocycles. The third-order valence-corrected chi connectivity index (χ3v) is 7.96. The van der Waals surface area contributed by atoms with Crippen LogP contribution in [0, 0.1) is 17.8 Å². The molecule has 0 spiro atoms. The summed E-state index contributed by atoms with van der Waals surface area (Å²) in [6.45, 7) is 2.10. The van der Waals surface area contributed by atoms with Crippen LogP contribution in [0.4, 0.5) is 5.82 Å². The Morgan fingerprint density at radius 2 is 1.69 bits per heavy atom. The van der Waals surface area contributed by atoms with Crippen LogP contribution < -0.4 is 10.2 Å². The van der Waals surface area contributed by atoms with Gasteiger partial charge in [0.25, 0.3) is 17.7 Å². The molecule has 35 heavy (non-hydrogen) atoms. The smallest absolute Gasteiger partial charge is 0.267 e. The van der Waals surface area contributed by atoms with E-state index in [-0.39, 0.29) is 35.6 Å². The van der Waals surface area contributed by atoms with E-state index < -0.39 is 0 Å². The predicted molar refractivity (Wildman–Crippen MR) is 129 cm³/mol. The van der Waals surface area contributed by atoms with Crippen molar-refractivity contribution in [2.24, 2.45) is 17.8 Å². The summed E-state index contributed by atoms with van der Waals surface area (Å²) in [5.74, 6) is 0.937. The second kappa shape index (κ2) is 8.30. The second-order valence-corrected chi connectivity index (χ2v) is 10.0. The van der Waals surface area contributed by atoms with Crippen molar-refractivity contribution in [3.63, 3.8) is 0 Å². The zero-order valence-corrected chi connectivity index (χ0v) is 19.9. The zero-order valence-electron chi connectivity index (χ0n) is 19.1. The molecule has 3 aliphatic rings. The third-order valence-electron chi connectivity index (χ3n) is 7.71. The number of halogens is 1. The number of carbonyl (C=O) groups is 3. The van der Waals surface area contributed by atoms with Gasteiger partial charge in [0.2, 0.25) is 0 Å². The Labute approximate surface area is 207 Å². The van der Waals surface area contributed by atoms with Crippen molar-refractivity contribution in [3.05, 3.63) is 76.4 Å². The standard InChI is InChI=1S/C26H24ClN5O3/c1-2-21(28-24(33)14-7-9-15(27)10-8-14)23-19-11-16(12-20(19)23)31-13-22(29-30-31)32-25(34)17-5-3-4-6-18(17)26(32)35/h3-10,13,16,19-21,23H,2,11-12H2,1H3,(H,28,33)/t16-,19-,20+,21?,23+. The van der Waals surface area contributed by atoms with Gasteiger partial charge in [-0.1, -0.05) is 35.9 Å². The molecule has 6 rings (SSSR count). The fourth-order valence-corrected chi connectivity index (χ4v) is 6.07. The number of nitrogens with zero attached hydrogens (tertiary/aromatic N) is 4. The van der Waals surface area contributed by atoms with Crippen LogP contribution in [0.15, 0.2) is 54.7 Å². The molecule has 1 unspecified atom stereocenters. The van der Waals surface area contributed by atoms with Gasteiger partial charge >= 0.3 is 0 Å². The summed E-state index contributed by atoms with van der Waals surface area (Å²) in [5, 5.41) is 12.2. The van der Waals surface area contributed by atoms with Crippen molar-refractivity contribution in [3.8, 4) is 0 Å². The van der Waals surface area contributed by atoms with Crippen LogP contribution in [0.3, 0.4) is 0 Å². The van der Waals surface area contributed by atoms with Gasteiger partial charge < -0.3 is 5.32 Å². The van der Waals surface area contributed by atoms with E-state index in [9.17, 15) is 14.4 Å². The summed E-state index contributed by atoms with van der Waals surface area (Å²) in [4.78, 5) is 39.3. The van der Waals surface area contributed by atoms with Gasteiger partial charge in [0.05, 0.1) is 23.4 Å². The van der Waals surface area contributed by atoms with Crippen molar-refractivity contribution < 1.29 is 14.4 Å². The van der Waals surface area contributed by atoms with Gasteiger partial charge in [0.1, 0.15) is 0 Å². The number of hydrogen-bond donors (Lipinski definition) is 1. The molecule has 2 fully saturated rings. The highest BCUT2D eigenvalue weighted by atomic mass is 35.5. The highest BCUT2D eigenvalue weighted by Gasteiger charge is 2.59. The van der Waals surface area contributed by atoms with Crippen molar-refractivity contribution in [2.45, 2.75) is 38.3 Å². The molecule has 1 aromatic heterocycles. The first-order valence-electron chi connectivity index (χ1n) is 11.9. The van der Waals surface area contributed by atoms with Gasteiger partial charge in [0, 0.05) is 16.6 Å². The maximum Gasteiger partial charge on any atom is 0.267 e. The van der Waals surface area contributed by atoms with Gasteiger partial charge in [-0.15, -0.1) is 5.10 Å². The van der Waals surface area contributed by atoms with E-state index in [1.165, 1.54) is 0 Å². The monoisotopic (exact) mass is 489 g/mol. The summed E-state index contributed by atoms with van der Waals surface area (Å²) < 4.78 is 1.79. The van der Waals surface area contributed by atoms with E-state index in [4.69, 9.17) is 11.6 Å². The first-order valence-corrected chi connectivity index (χ1v) is 12.3. The fourth-order valence-electron chi connectivity index (χ4n) is 5.94. The lowest BCUT2D eigenvalue weighted by atomic mass is 9.99. The molecule has 9 heteroatoms. The van der Waals surface area contributed by atoms with Crippen LogP contribution in [0.2, 0.25) is 5.02 Å². The van der Waals surface area contributed by atoms with E-state index in [0.29, 0.717) is 39.5 Å². The highest BCUT2D eigenvalue weighted by molar-refractivity contribution is 6.34. The minimum atomic E-state index is -0.366. The van der Waals surface area contributed by atoms with Crippen LogP contribution in [0.1, 0.15) is 63.3 Å². The van der Waals surface area contributed by atoms with Gasteiger partial charge in [-0.3, -0.25) is 14.4 Å². The minimum absolute atomic E-state index is 0.0723. The van der Waals surface area contributed by atoms with Crippen LogP contribution in [-0.2, 0) is 0 Å². The number of aromatic nitrogens is 3. The molecular formula is C26H24ClN5O3. The summed E-state index contributed by atoms with van der Waals surface area (Å²) in [5.41, 5.74) is 1.39. The van der Waals surface area contributed by atoms with Gasteiger partial charge in [-0.25, -0.2) is 9.58 Å². The summed E-state index contributed by atoms with van der Waals surface area (Å²) in [6.07, 6.45) is 4.45. The molecular weight excluding hydrogens is 466 g/mol. The first-order chi connectivity index (χ1) is 17.0. The predicted octanol–water partition coefficient (Wildman–Crippen LogP) is 4.14. The average molecular weight is 490 g/mol.